The molecule has 1 rings (SSSR count). The Morgan fingerprint density at radius 2 is 1.92 bits per heavy atom. The standard InChI is InChI=1S/C13H11F5N2O4S/c1-7-4-8(2-3-9(7)20(22)23)25-6-11(19)24-5-10(21)12(14,15)13(16,17)18/h2-4,19H,5-6H2,1H3. The molecule has 0 saturated carbocycles. The van der Waals surface area contributed by atoms with Gasteiger partial charge in [-0.15, -0.1) is 11.8 Å². The average Bonchev–Trinajstić information content (AvgIpc) is 2.48. The van der Waals surface area contributed by atoms with Crippen molar-refractivity contribution in [1.29, 1.82) is 5.41 Å². The maximum atomic E-state index is 12.7. The highest BCUT2D eigenvalue weighted by atomic mass is 32.2. The number of aryl methyl sites for hydroxylation is 1. The number of nitrogens with one attached hydrogen (secondary N) is 1. The van der Waals surface area contributed by atoms with Gasteiger partial charge in [0.1, 0.15) is 0 Å². The molecule has 6 nitrogen and oxygen atoms in total. The van der Waals surface area contributed by atoms with Crippen molar-refractivity contribution in [3.05, 3.63) is 33.9 Å². The zero-order valence-electron chi connectivity index (χ0n) is 12.5. The number of halogens is 5. The molecule has 1 aromatic rings. The molecule has 0 fully saturated rings. The number of carbonyl (C=O) groups excluding carboxylic acids is 1. The van der Waals surface area contributed by atoms with Crippen LogP contribution in [0.15, 0.2) is 23.1 Å². The molecule has 25 heavy (non-hydrogen) atoms. The largest absolute Gasteiger partial charge is 0.472 e. The van der Waals surface area contributed by atoms with Gasteiger partial charge in [0, 0.05) is 16.5 Å². The minimum absolute atomic E-state index is 0.115. The predicted octanol–water partition coefficient (Wildman–Crippen LogP) is 3.76. The van der Waals surface area contributed by atoms with Crippen molar-refractivity contribution in [1.82, 2.24) is 0 Å². The topological polar surface area (TPSA) is 93.3 Å². The van der Waals surface area contributed by atoms with Gasteiger partial charge in [-0.3, -0.25) is 20.3 Å². The maximum absolute atomic E-state index is 12.7. The number of carbonyl (C=O) groups is 1. The summed E-state index contributed by atoms with van der Waals surface area (Å²) < 4.78 is 65.6. The van der Waals surface area contributed by atoms with Crippen LogP contribution in [0, 0.1) is 22.4 Å². The third kappa shape index (κ3) is 5.37. The van der Waals surface area contributed by atoms with Crippen LogP contribution in [0.3, 0.4) is 0 Å². The fraction of sp³-hybridized carbons (Fsp3) is 0.385. The van der Waals surface area contributed by atoms with Crippen LogP contribution in [-0.2, 0) is 9.53 Å². The number of benzene rings is 1. The SMILES string of the molecule is Cc1cc(SCC(=N)OCC(=O)C(F)(F)C(F)(F)F)ccc1[N+](=O)[O-]. The number of nitro groups is 1. The van der Waals surface area contributed by atoms with Crippen LogP contribution in [0.4, 0.5) is 27.6 Å². The number of nitrogens with zero attached hydrogens (tertiary/aromatic N) is 1. The average molecular weight is 386 g/mol. The minimum atomic E-state index is -6.03. The fourth-order valence-corrected chi connectivity index (χ4v) is 2.32. The molecule has 1 aromatic carbocycles. The molecule has 0 radical (unpaired) electrons. The highest BCUT2D eigenvalue weighted by Gasteiger charge is 2.63. The van der Waals surface area contributed by atoms with Crippen LogP contribution >= 0.6 is 11.8 Å². The van der Waals surface area contributed by atoms with Crippen molar-refractivity contribution in [2.75, 3.05) is 12.4 Å². The Hall–Kier alpha value is -2.24. The van der Waals surface area contributed by atoms with E-state index < -0.39 is 35.3 Å². The highest BCUT2D eigenvalue weighted by molar-refractivity contribution is 8.00. The summed E-state index contributed by atoms with van der Waals surface area (Å²) in [5.74, 6) is -8.99. The Morgan fingerprint density at radius 1 is 1.32 bits per heavy atom. The molecule has 0 heterocycles. The van der Waals surface area contributed by atoms with Crippen molar-refractivity contribution in [2.45, 2.75) is 23.9 Å². The first-order chi connectivity index (χ1) is 11.4. The molecule has 0 saturated heterocycles. The second kappa shape index (κ2) is 7.76. The first kappa shape index (κ1) is 20.8. The van der Waals surface area contributed by atoms with E-state index in [1.54, 1.807) is 0 Å². The first-order valence-electron chi connectivity index (χ1n) is 6.42. The molecule has 0 bridgehead atoms. The molecule has 1 N–H and O–H groups in total. The molecule has 0 aliphatic heterocycles. The van der Waals surface area contributed by atoms with Gasteiger partial charge in [-0.05, 0) is 19.1 Å². The summed E-state index contributed by atoms with van der Waals surface area (Å²) in [6.07, 6.45) is -6.03. The van der Waals surface area contributed by atoms with Crippen LogP contribution in [0.25, 0.3) is 0 Å². The number of ether oxygens (including phenoxy) is 1. The van der Waals surface area contributed by atoms with Gasteiger partial charge in [-0.2, -0.15) is 22.0 Å². The van der Waals surface area contributed by atoms with E-state index in [4.69, 9.17) is 5.41 Å². The Morgan fingerprint density at radius 3 is 2.40 bits per heavy atom. The zero-order valence-corrected chi connectivity index (χ0v) is 13.3. The molecular formula is C13H11F5N2O4S. The Labute approximate surface area is 142 Å². The van der Waals surface area contributed by atoms with Gasteiger partial charge in [0.25, 0.3) is 5.69 Å². The van der Waals surface area contributed by atoms with Gasteiger partial charge in [0.15, 0.2) is 12.5 Å². The summed E-state index contributed by atoms with van der Waals surface area (Å²) in [4.78, 5) is 21.5. The van der Waals surface area contributed by atoms with E-state index in [1.165, 1.54) is 25.1 Å². The summed E-state index contributed by atoms with van der Waals surface area (Å²) in [5, 5.41) is 18.0. The second-order valence-electron chi connectivity index (χ2n) is 4.70. The Bertz CT molecular complexity index is 693. The lowest BCUT2D eigenvalue weighted by Crippen LogP contribution is -2.46. The summed E-state index contributed by atoms with van der Waals surface area (Å²) in [6, 6.07) is 4.06. The minimum Gasteiger partial charge on any atom is -0.472 e. The van der Waals surface area contributed by atoms with Gasteiger partial charge in [-0.1, -0.05) is 0 Å². The number of nitro benzene ring substituents is 1. The monoisotopic (exact) mass is 386 g/mol. The quantitative estimate of drug-likeness (QED) is 0.192. The van der Waals surface area contributed by atoms with Gasteiger partial charge < -0.3 is 4.74 Å². The highest BCUT2D eigenvalue weighted by Crippen LogP contribution is 2.36. The van der Waals surface area contributed by atoms with Crippen LogP contribution in [0.5, 0.6) is 0 Å². The maximum Gasteiger partial charge on any atom is 0.461 e. The number of alkyl halides is 5. The molecule has 0 spiro atoms. The summed E-state index contributed by atoms with van der Waals surface area (Å²) in [7, 11) is 0. The number of hydrogen-bond donors (Lipinski definition) is 1. The van der Waals surface area contributed by atoms with Crippen LogP contribution < -0.4 is 0 Å². The lowest BCUT2D eigenvalue weighted by molar-refractivity contribution is -0.385. The van der Waals surface area contributed by atoms with E-state index >= 15 is 0 Å². The van der Waals surface area contributed by atoms with Gasteiger partial charge in [0.2, 0.25) is 5.78 Å². The van der Waals surface area contributed by atoms with E-state index in [1.807, 2.05) is 0 Å². The molecule has 0 atom stereocenters. The van der Waals surface area contributed by atoms with Gasteiger partial charge in [-0.25, -0.2) is 0 Å². The molecule has 0 aliphatic carbocycles. The predicted molar refractivity (Wildman–Crippen MR) is 78.2 cm³/mol. The smallest absolute Gasteiger partial charge is 0.461 e. The fourth-order valence-electron chi connectivity index (χ4n) is 1.51. The second-order valence-corrected chi connectivity index (χ2v) is 5.75. The van der Waals surface area contributed by atoms with E-state index in [2.05, 4.69) is 4.74 Å². The molecule has 0 aliphatic rings. The molecule has 0 unspecified atom stereocenters. The van der Waals surface area contributed by atoms with Crippen molar-refractivity contribution >= 4 is 29.1 Å². The Balaban J connectivity index is 2.55. The lowest BCUT2D eigenvalue weighted by atomic mass is 10.2. The number of rotatable bonds is 7. The van der Waals surface area contributed by atoms with E-state index in [0.717, 1.165) is 11.8 Å². The number of Topliss-reactive ketones (excluding diaryl/α,β-unsaturated/α-hetero) is 1. The van der Waals surface area contributed by atoms with Gasteiger partial charge >= 0.3 is 12.1 Å². The molecule has 0 amide bonds. The molecular weight excluding hydrogens is 375 g/mol. The molecule has 138 valence electrons. The van der Waals surface area contributed by atoms with Crippen molar-refractivity contribution in [3.63, 3.8) is 0 Å². The molecule has 12 heteroatoms. The summed E-state index contributed by atoms with van der Waals surface area (Å²) in [5.41, 5.74) is 0.234. The number of thioether (sulfide) groups is 1. The van der Waals surface area contributed by atoms with E-state index in [-0.39, 0.29) is 11.4 Å². The van der Waals surface area contributed by atoms with Crippen molar-refractivity contribution in [2.24, 2.45) is 0 Å². The van der Waals surface area contributed by atoms with E-state index in [9.17, 15) is 36.9 Å². The summed E-state index contributed by atoms with van der Waals surface area (Å²) in [6.45, 7) is -0.104. The third-order valence-corrected chi connectivity index (χ3v) is 3.81. The number of hydrogen-bond acceptors (Lipinski definition) is 6. The van der Waals surface area contributed by atoms with Gasteiger partial charge in [0.05, 0.1) is 10.7 Å². The molecule has 0 aromatic heterocycles. The van der Waals surface area contributed by atoms with Crippen LogP contribution in [-0.4, -0.2) is 41.1 Å². The van der Waals surface area contributed by atoms with Crippen LogP contribution in [0.1, 0.15) is 5.56 Å². The zero-order chi connectivity index (χ0) is 19.4. The summed E-state index contributed by atoms with van der Waals surface area (Å²) >= 11 is 0.935. The first-order valence-corrected chi connectivity index (χ1v) is 7.40. The van der Waals surface area contributed by atoms with Crippen LogP contribution in [0.2, 0.25) is 0 Å². The van der Waals surface area contributed by atoms with Crippen molar-refractivity contribution < 1.29 is 36.4 Å². The lowest BCUT2D eigenvalue weighted by Gasteiger charge is -2.18. The Kier molecular flexibility index (Phi) is 6.46. The number of ketones is 1. The third-order valence-electron chi connectivity index (χ3n) is 2.82. The normalized spacial score (nSPS) is 11.9. The van der Waals surface area contributed by atoms with Crippen molar-refractivity contribution in [3.8, 4) is 0 Å². The van der Waals surface area contributed by atoms with E-state index in [0.29, 0.717) is 10.5 Å².